The zero-order chi connectivity index (χ0) is 17.4. The van der Waals surface area contributed by atoms with Gasteiger partial charge in [-0.1, -0.05) is 25.5 Å². The molecule has 1 aromatic carbocycles. The van der Waals surface area contributed by atoms with Crippen LogP contribution in [-0.2, 0) is 6.42 Å². The number of ether oxygens (including phenoxy) is 1. The van der Waals surface area contributed by atoms with Crippen molar-refractivity contribution >= 4 is 6.03 Å². The molecule has 5 nitrogen and oxygen atoms in total. The van der Waals surface area contributed by atoms with Gasteiger partial charge in [-0.05, 0) is 55.2 Å². The minimum atomic E-state index is -0.196. The highest BCUT2D eigenvalue weighted by molar-refractivity contribution is 5.73. The van der Waals surface area contributed by atoms with E-state index < -0.39 is 0 Å². The van der Waals surface area contributed by atoms with E-state index >= 15 is 0 Å². The summed E-state index contributed by atoms with van der Waals surface area (Å²) in [4.78, 5) is 11.9. The van der Waals surface area contributed by atoms with E-state index in [9.17, 15) is 9.90 Å². The lowest BCUT2D eigenvalue weighted by molar-refractivity contribution is 0.101. The molecule has 24 heavy (non-hydrogen) atoms. The molecular formula is C19H30N2O3. The van der Waals surface area contributed by atoms with Crippen molar-refractivity contribution in [2.45, 2.75) is 45.1 Å². The van der Waals surface area contributed by atoms with E-state index in [1.807, 2.05) is 12.1 Å². The molecular weight excluding hydrogens is 304 g/mol. The van der Waals surface area contributed by atoms with Gasteiger partial charge >= 0.3 is 6.03 Å². The second-order valence-corrected chi connectivity index (χ2v) is 6.93. The number of methoxy groups -OCH3 is 1. The molecule has 2 amide bonds. The predicted octanol–water partition coefficient (Wildman–Crippen LogP) is 2.72. The lowest BCUT2D eigenvalue weighted by Gasteiger charge is -2.26. The molecule has 0 saturated heterocycles. The molecule has 1 aromatic rings. The van der Waals surface area contributed by atoms with Gasteiger partial charge in [0.2, 0.25) is 0 Å². The van der Waals surface area contributed by atoms with Crippen LogP contribution in [0.25, 0.3) is 0 Å². The zero-order valence-corrected chi connectivity index (χ0v) is 14.8. The summed E-state index contributed by atoms with van der Waals surface area (Å²) in [7, 11) is 1.66. The van der Waals surface area contributed by atoms with Gasteiger partial charge in [0.15, 0.2) is 0 Å². The number of aliphatic hydroxyl groups is 1. The van der Waals surface area contributed by atoms with E-state index in [-0.39, 0.29) is 12.1 Å². The van der Waals surface area contributed by atoms with Gasteiger partial charge in [0.1, 0.15) is 5.75 Å². The number of rotatable bonds is 7. The Hall–Kier alpha value is -1.75. The van der Waals surface area contributed by atoms with Crippen molar-refractivity contribution in [3.63, 3.8) is 0 Å². The standard InChI is InChI=1S/C19H30N2O3/c1-14(10-15-6-8-18(24-2)9-7-15)12-20-19(23)21-13-16-4-3-5-17(22)11-16/h6-9,14,16-17,22H,3-5,10-13H2,1-2H3,(H2,20,21,23). The fourth-order valence-electron chi connectivity index (χ4n) is 3.25. The maximum atomic E-state index is 11.9. The van der Waals surface area contributed by atoms with Crippen LogP contribution in [0.5, 0.6) is 5.75 Å². The maximum Gasteiger partial charge on any atom is 0.314 e. The van der Waals surface area contributed by atoms with E-state index in [0.717, 1.165) is 37.9 Å². The maximum absolute atomic E-state index is 11.9. The summed E-state index contributed by atoms with van der Waals surface area (Å²) in [6, 6.07) is 7.92. The van der Waals surface area contributed by atoms with Gasteiger partial charge in [0.05, 0.1) is 13.2 Å². The average Bonchev–Trinajstić information content (AvgIpc) is 2.59. The van der Waals surface area contributed by atoms with Gasteiger partial charge in [-0.3, -0.25) is 0 Å². The molecule has 2 rings (SSSR count). The number of hydrogen-bond acceptors (Lipinski definition) is 3. The third-order valence-electron chi connectivity index (χ3n) is 4.66. The quantitative estimate of drug-likeness (QED) is 0.718. The highest BCUT2D eigenvalue weighted by Gasteiger charge is 2.20. The topological polar surface area (TPSA) is 70.6 Å². The number of carbonyl (C=O) groups excluding carboxylic acids is 1. The van der Waals surface area contributed by atoms with Crippen LogP contribution >= 0.6 is 0 Å². The summed E-state index contributed by atoms with van der Waals surface area (Å²) < 4.78 is 5.16. The Kier molecular flexibility index (Phi) is 7.37. The molecule has 1 fully saturated rings. The Morgan fingerprint density at radius 2 is 2.04 bits per heavy atom. The largest absolute Gasteiger partial charge is 0.497 e. The first-order valence-corrected chi connectivity index (χ1v) is 8.89. The van der Waals surface area contributed by atoms with Gasteiger partial charge in [-0.25, -0.2) is 4.79 Å². The van der Waals surface area contributed by atoms with Crippen molar-refractivity contribution in [2.75, 3.05) is 20.2 Å². The lowest BCUT2D eigenvalue weighted by atomic mass is 9.87. The number of benzene rings is 1. The highest BCUT2D eigenvalue weighted by Crippen LogP contribution is 2.23. The first-order valence-electron chi connectivity index (χ1n) is 8.89. The van der Waals surface area contributed by atoms with E-state index in [0.29, 0.717) is 24.9 Å². The van der Waals surface area contributed by atoms with E-state index in [2.05, 4.69) is 29.7 Å². The predicted molar refractivity (Wildman–Crippen MR) is 95.2 cm³/mol. The molecule has 0 heterocycles. The summed E-state index contributed by atoms with van der Waals surface area (Å²) in [5, 5.41) is 15.5. The van der Waals surface area contributed by atoms with Gasteiger partial charge < -0.3 is 20.5 Å². The Morgan fingerprint density at radius 3 is 2.71 bits per heavy atom. The van der Waals surface area contributed by atoms with Crippen molar-refractivity contribution in [3.8, 4) is 5.75 Å². The number of carbonyl (C=O) groups is 1. The molecule has 1 saturated carbocycles. The van der Waals surface area contributed by atoms with Crippen LogP contribution in [0.15, 0.2) is 24.3 Å². The fraction of sp³-hybridized carbons (Fsp3) is 0.632. The second-order valence-electron chi connectivity index (χ2n) is 6.93. The molecule has 0 aliphatic heterocycles. The average molecular weight is 334 g/mol. The van der Waals surface area contributed by atoms with Gasteiger partial charge in [-0.2, -0.15) is 0 Å². The van der Waals surface area contributed by atoms with Crippen molar-refractivity contribution in [1.82, 2.24) is 10.6 Å². The molecule has 134 valence electrons. The molecule has 0 bridgehead atoms. The Labute approximate surface area is 144 Å². The molecule has 3 atom stereocenters. The zero-order valence-electron chi connectivity index (χ0n) is 14.8. The molecule has 1 aliphatic carbocycles. The van der Waals surface area contributed by atoms with Crippen LogP contribution in [0.2, 0.25) is 0 Å². The lowest BCUT2D eigenvalue weighted by Crippen LogP contribution is -2.41. The third-order valence-corrected chi connectivity index (χ3v) is 4.66. The van der Waals surface area contributed by atoms with E-state index in [1.54, 1.807) is 7.11 Å². The van der Waals surface area contributed by atoms with Crippen molar-refractivity contribution in [1.29, 1.82) is 0 Å². The van der Waals surface area contributed by atoms with Gasteiger partial charge in [-0.15, -0.1) is 0 Å². The fourth-order valence-corrected chi connectivity index (χ4v) is 3.25. The van der Waals surface area contributed by atoms with Crippen LogP contribution in [0.4, 0.5) is 4.79 Å². The monoisotopic (exact) mass is 334 g/mol. The molecule has 0 radical (unpaired) electrons. The van der Waals surface area contributed by atoms with Crippen molar-refractivity contribution in [2.24, 2.45) is 11.8 Å². The SMILES string of the molecule is COc1ccc(CC(C)CNC(=O)NCC2CCCC(O)C2)cc1. The normalized spacial score (nSPS) is 21.8. The smallest absolute Gasteiger partial charge is 0.314 e. The summed E-state index contributed by atoms with van der Waals surface area (Å²) in [5.74, 6) is 1.62. The molecule has 0 spiro atoms. The third kappa shape index (κ3) is 6.40. The van der Waals surface area contributed by atoms with Crippen LogP contribution < -0.4 is 15.4 Å². The Morgan fingerprint density at radius 1 is 1.29 bits per heavy atom. The minimum Gasteiger partial charge on any atom is -0.497 e. The molecule has 1 aliphatic rings. The first-order chi connectivity index (χ1) is 11.6. The van der Waals surface area contributed by atoms with Gasteiger partial charge in [0.25, 0.3) is 0 Å². The molecule has 3 unspecified atom stereocenters. The molecule has 3 N–H and O–H groups in total. The van der Waals surface area contributed by atoms with Crippen LogP contribution in [0, 0.1) is 11.8 Å². The second kappa shape index (κ2) is 9.52. The highest BCUT2D eigenvalue weighted by atomic mass is 16.5. The first kappa shape index (κ1) is 18.6. The number of amides is 2. The van der Waals surface area contributed by atoms with Crippen LogP contribution in [-0.4, -0.2) is 37.4 Å². The van der Waals surface area contributed by atoms with Crippen molar-refractivity contribution < 1.29 is 14.6 Å². The van der Waals surface area contributed by atoms with E-state index in [1.165, 1.54) is 5.56 Å². The number of urea groups is 1. The summed E-state index contributed by atoms with van der Waals surface area (Å²) in [5.41, 5.74) is 1.24. The minimum absolute atomic E-state index is 0.114. The Bertz CT molecular complexity index is 504. The number of hydrogen-bond donors (Lipinski definition) is 3. The van der Waals surface area contributed by atoms with Crippen LogP contribution in [0.3, 0.4) is 0 Å². The summed E-state index contributed by atoms with van der Waals surface area (Å²) in [6.07, 6.45) is 4.55. The van der Waals surface area contributed by atoms with Crippen molar-refractivity contribution in [3.05, 3.63) is 29.8 Å². The van der Waals surface area contributed by atoms with Gasteiger partial charge in [0, 0.05) is 13.1 Å². The summed E-state index contributed by atoms with van der Waals surface area (Å²) in [6.45, 7) is 3.42. The number of nitrogens with one attached hydrogen (secondary N) is 2. The molecule has 5 heteroatoms. The van der Waals surface area contributed by atoms with E-state index in [4.69, 9.17) is 4.74 Å². The number of aliphatic hydroxyl groups excluding tert-OH is 1. The molecule has 0 aromatic heterocycles. The Balaban J connectivity index is 1.63. The van der Waals surface area contributed by atoms with Crippen LogP contribution in [0.1, 0.15) is 38.2 Å². The summed E-state index contributed by atoms with van der Waals surface area (Å²) >= 11 is 0.